The summed E-state index contributed by atoms with van der Waals surface area (Å²) in [6.45, 7) is 7.58. The SMILES string of the molecule is CC(C)(C)/C(O)=C/C(=N)NC(=O)[C@@H]1CCCN1CC1CC1. The Morgan fingerprint density at radius 2 is 2.05 bits per heavy atom. The molecule has 118 valence electrons. The normalized spacial score (nSPS) is 24.1. The molecule has 5 nitrogen and oxygen atoms in total. The molecule has 1 atom stereocenters. The first kappa shape index (κ1) is 16.0. The van der Waals surface area contributed by atoms with Gasteiger partial charge in [0.05, 0.1) is 6.04 Å². The molecule has 1 amide bonds. The predicted molar refractivity (Wildman–Crippen MR) is 83.4 cm³/mol. The maximum absolute atomic E-state index is 12.3. The van der Waals surface area contributed by atoms with Gasteiger partial charge in [-0.25, -0.2) is 0 Å². The Balaban J connectivity index is 1.89. The summed E-state index contributed by atoms with van der Waals surface area (Å²) in [4.78, 5) is 14.5. The minimum atomic E-state index is -0.414. The molecule has 2 rings (SSSR count). The Labute approximate surface area is 126 Å². The zero-order chi connectivity index (χ0) is 15.6. The van der Waals surface area contributed by atoms with Crippen molar-refractivity contribution in [2.75, 3.05) is 13.1 Å². The highest BCUT2D eigenvalue weighted by Gasteiger charge is 2.34. The molecule has 1 aliphatic carbocycles. The van der Waals surface area contributed by atoms with E-state index in [0.717, 1.165) is 31.8 Å². The van der Waals surface area contributed by atoms with Gasteiger partial charge in [0.15, 0.2) is 0 Å². The van der Waals surface area contributed by atoms with Gasteiger partial charge >= 0.3 is 0 Å². The fourth-order valence-corrected chi connectivity index (χ4v) is 2.58. The standard InChI is InChI=1S/C16H27N3O2/c1-16(2,3)13(20)9-14(17)18-15(21)12-5-4-8-19(12)10-11-6-7-11/h9,11-12,20H,4-8,10H2,1-3H3,(H2,17,18,21)/b13-9-/t12-/m0/s1. The molecule has 1 aliphatic heterocycles. The second kappa shape index (κ2) is 6.18. The van der Waals surface area contributed by atoms with Crippen molar-refractivity contribution in [3.05, 3.63) is 11.8 Å². The Kier molecular flexibility index (Phi) is 4.71. The molecule has 0 unspecified atom stereocenters. The van der Waals surface area contributed by atoms with Crippen LogP contribution in [0.15, 0.2) is 11.8 Å². The predicted octanol–water partition coefficient (Wildman–Crippen LogP) is 2.44. The number of nitrogens with zero attached hydrogens (tertiary/aromatic N) is 1. The third-order valence-electron chi connectivity index (χ3n) is 4.16. The zero-order valence-electron chi connectivity index (χ0n) is 13.3. The van der Waals surface area contributed by atoms with Crippen LogP contribution >= 0.6 is 0 Å². The fraction of sp³-hybridized carbons (Fsp3) is 0.750. The van der Waals surface area contributed by atoms with E-state index in [4.69, 9.17) is 5.41 Å². The van der Waals surface area contributed by atoms with E-state index in [1.165, 1.54) is 18.9 Å². The molecule has 0 aromatic carbocycles. The lowest BCUT2D eigenvalue weighted by Crippen LogP contribution is -2.45. The number of hydrogen-bond acceptors (Lipinski definition) is 4. The Hall–Kier alpha value is -1.36. The van der Waals surface area contributed by atoms with Gasteiger partial charge in [0, 0.05) is 18.0 Å². The van der Waals surface area contributed by atoms with Crippen molar-refractivity contribution >= 4 is 11.7 Å². The van der Waals surface area contributed by atoms with Gasteiger partial charge < -0.3 is 10.4 Å². The average Bonchev–Trinajstić information content (AvgIpc) is 3.03. The average molecular weight is 293 g/mol. The van der Waals surface area contributed by atoms with Crippen molar-refractivity contribution in [1.82, 2.24) is 10.2 Å². The van der Waals surface area contributed by atoms with Gasteiger partial charge in [0.2, 0.25) is 5.91 Å². The number of carbonyl (C=O) groups is 1. The maximum Gasteiger partial charge on any atom is 0.242 e. The van der Waals surface area contributed by atoms with Crippen LogP contribution in [0.4, 0.5) is 0 Å². The van der Waals surface area contributed by atoms with E-state index in [2.05, 4.69) is 10.2 Å². The highest BCUT2D eigenvalue weighted by atomic mass is 16.3. The van der Waals surface area contributed by atoms with Crippen molar-refractivity contribution in [2.45, 2.75) is 52.5 Å². The molecule has 3 N–H and O–H groups in total. The largest absolute Gasteiger partial charge is 0.512 e. The van der Waals surface area contributed by atoms with Crippen LogP contribution in [0.2, 0.25) is 0 Å². The summed E-state index contributed by atoms with van der Waals surface area (Å²) >= 11 is 0. The quantitative estimate of drug-likeness (QED) is 0.423. The van der Waals surface area contributed by atoms with E-state index in [1.807, 2.05) is 20.8 Å². The van der Waals surface area contributed by atoms with Crippen molar-refractivity contribution in [2.24, 2.45) is 11.3 Å². The summed E-state index contributed by atoms with van der Waals surface area (Å²) < 4.78 is 0. The molecule has 21 heavy (non-hydrogen) atoms. The highest BCUT2D eigenvalue weighted by molar-refractivity contribution is 6.04. The number of hydrogen-bond donors (Lipinski definition) is 3. The van der Waals surface area contributed by atoms with E-state index >= 15 is 0 Å². The molecule has 0 aromatic rings. The first-order valence-corrected chi connectivity index (χ1v) is 7.82. The molecule has 0 bridgehead atoms. The number of allylic oxidation sites excluding steroid dienone is 1. The van der Waals surface area contributed by atoms with Crippen LogP contribution in [0.5, 0.6) is 0 Å². The third-order valence-corrected chi connectivity index (χ3v) is 4.16. The number of likely N-dealkylation sites (tertiary alicyclic amines) is 1. The van der Waals surface area contributed by atoms with Crippen LogP contribution in [0.1, 0.15) is 46.5 Å². The van der Waals surface area contributed by atoms with E-state index in [1.54, 1.807) is 0 Å². The summed E-state index contributed by atoms with van der Waals surface area (Å²) in [6.07, 6.45) is 5.80. The van der Waals surface area contributed by atoms with Gasteiger partial charge in [0.1, 0.15) is 11.6 Å². The molecule has 2 fully saturated rings. The summed E-state index contributed by atoms with van der Waals surface area (Å²) in [5.74, 6) is 0.721. The van der Waals surface area contributed by atoms with E-state index < -0.39 is 5.41 Å². The maximum atomic E-state index is 12.3. The topological polar surface area (TPSA) is 76.4 Å². The summed E-state index contributed by atoms with van der Waals surface area (Å²) in [7, 11) is 0. The molecule has 1 saturated carbocycles. The van der Waals surface area contributed by atoms with Crippen molar-refractivity contribution < 1.29 is 9.90 Å². The lowest BCUT2D eigenvalue weighted by Gasteiger charge is -2.23. The number of amides is 1. The van der Waals surface area contributed by atoms with Crippen molar-refractivity contribution in [3.8, 4) is 0 Å². The first-order valence-electron chi connectivity index (χ1n) is 7.82. The van der Waals surface area contributed by atoms with Gasteiger partial charge in [-0.3, -0.25) is 15.1 Å². The second-order valence-electron chi connectivity index (χ2n) is 7.28. The summed E-state index contributed by atoms with van der Waals surface area (Å²) in [5.41, 5.74) is -0.414. The first-order chi connectivity index (χ1) is 9.77. The fourth-order valence-electron chi connectivity index (χ4n) is 2.58. The zero-order valence-corrected chi connectivity index (χ0v) is 13.3. The summed E-state index contributed by atoms with van der Waals surface area (Å²) in [5, 5.41) is 20.3. The van der Waals surface area contributed by atoms with Gasteiger partial charge in [-0.05, 0) is 38.1 Å². The molecular weight excluding hydrogens is 266 g/mol. The number of aliphatic hydroxyl groups excluding tert-OH is 1. The molecule has 0 radical (unpaired) electrons. The van der Waals surface area contributed by atoms with E-state index in [0.29, 0.717) is 0 Å². The molecule has 0 spiro atoms. The molecule has 1 saturated heterocycles. The van der Waals surface area contributed by atoms with Gasteiger partial charge in [-0.1, -0.05) is 20.8 Å². The van der Waals surface area contributed by atoms with Crippen LogP contribution < -0.4 is 5.32 Å². The van der Waals surface area contributed by atoms with Gasteiger partial charge in [-0.2, -0.15) is 0 Å². The van der Waals surface area contributed by atoms with Crippen LogP contribution in [0.25, 0.3) is 0 Å². The lowest BCUT2D eigenvalue weighted by atomic mass is 9.93. The van der Waals surface area contributed by atoms with Crippen LogP contribution in [0, 0.1) is 16.7 Å². The van der Waals surface area contributed by atoms with Crippen LogP contribution in [-0.4, -0.2) is 40.9 Å². The Morgan fingerprint density at radius 1 is 1.38 bits per heavy atom. The number of rotatable bonds is 4. The molecular formula is C16H27N3O2. The van der Waals surface area contributed by atoms with Crippen LogP contribution in [0.3, 0.4) is 0 Å². The summed E-state index contributed by atoms with van der Waals surface area (Å²) in [6, 6.07) is -0.115. The highest BCUT2D eigenvalue weighted by Crippen LogP contribution is 2.32. The Morgan fingerprint density at radius 3 is 2.62 bits per heavy atom. The second-order valence-corrected chi connectivity index (χ2v) is 7.28. The van der Waals surface area contributed by atoms with Crippen molar-refractivity contribution in [1.29, 1.82) is 5.41 Å². The number of carbonyl (C=O) groups excluding carboxylic acids is 1. The van der Waals surface area contributed by atoms with E-state index in [-0.39, 0.29) is 23.5 Å². The van der Waals surface area contributed by atoms with Gasteiger partial charge in [-0.15, -0.1) is 0 Å². The number of aliphatic hydroxyl groups is 1. The lowest BCUT2D eigenvalue weighted by molar-refractivity contribution is -0.124. The molecule has 0 aromatic heterocycles. The van der Waals surface area contributed by atoms with Gasteiger partial charge in [0.25, 0.3) is 0 Å². The molecule has 5 heteroatoms. The molecule has 1 heterocycles. The smallest absolute Gasteiger partial charge is 0.242 e. The van der Waals surface area contributed by atoms with E-state index in [9.17, 15) is 9.90 Å². The minimum absolute atomic E-state index is 0.0364. The monoisotopic (exact) mass is 293 g/mol. The van der Waals surface area contributed by atoms with Crippen LogP contribution in [-0.2, 0) is 4.79 Å². The number of nitrogens with one attached hydrogen (secondary N) is 2. The number of amidine groups is 1. The molecule has 2 aliphatic rings. The Bertz CT molecular complexity index is 447. The third kappa shape index (κ3) is 4.56. The van der Waals surface area contributed by atoms with Crippen molar-refractivity contribution in [3.63, 3.8) is 0 Å². The minimum Gasteiger partial charge on any atom is -0.512 e.